The molecule has 0 bridgehead atoms. The van der Waals surface area contributed by atoms with Crippen LogP contribution in [0, 0.1) is 27.6 Å². The van der Waals surface area contributed by atoms with E-state index in [1.165, 1.54) is 0 Å². The van der Waals surface area contributed by atoms with E-state index in [4.69, 9.17) is 26.2 Å². The summed E-state index contributed by atoms with van der Waals surface area (Å²) in [5.74, 6) is 0. The summed E-state index contributed by atoms with van der Waals surface area (Å²) in [5.41, 5.74) is 3.42. The van der Waals surface area contributed by atoms with Gasteiger partial charge in [0, 0.05) is 54.5 Å². The Morgan fingerprint density at radius 3 is 2.55 bits per heavy atom. The maximum absolute atomic E-state index is 11.2. The third-order valence-electron chi connectivity index (χ3n) is 7.21. The number of rotatable bonds is 9. The topological polar surface area (TPSA) is 178 Å². The number of hydrogen-bond donors (Lipinski definition) is 6. The van der Waals surface area contributed by atoms with Crippen LogP contribution in [-0.2, 0) is 9.53 Å². The fourth-order valence-corrected chi connectivity index (χ4v) is 5.71. The highest BCUT2D eigenvalue weighted by Crippen LogP contribution is 2.31. The molecule has 0 aromatic carbocycles. The molecule has 0 spiro atoms. The minimum Gasteiger partial charge on any atom is -0.382 e. The van der Waals surface area contributed by atoms with Crippen molar-refractivity contribution in [3.8, 4) is 17.5 Å². The fraction of sp³-hybridized carbons (Fsp3) is 0.500. The zero-order valence-corrected chi connectivity index (χ0v) is 27.1. The molecule has 1 saturated heterocycles. The molecule has 0 radical (unpaired) electrons. The average molecular weight is 620 g/mol. The molecule has 2 atom stereocenters. The van der Waals surface area contributed by atoms with Gasteiger partial charge >= 0.3 is 0 Å². The molecule has 2 aromatic rings. The molecule has 2 unspecified atom stereocenters. The van der Waals surface area contributed by atoms with E-state index >= 15 is 0 Å². The number of nitrogens with zero attached hydrogens (tertiary/aromatic N) is 3. The number of likely N-dealkylation sites (tertiary alicyclic amines) is 1. The van der Waals surface area contributed by atoms with Crippen molar-refractivity contribution in [3.05, 3.63) is 41.2 Å². The van der Waals surface area contributed by atoms with Crippen LogP contribution in [0.1, 0.15) is 78.0 Å². The number of ether oxygens (including phenoxy) is 1. The quantitative estimate of drug-likeness (QED) is 0.0861. The number of H-pyrrole nitrogens is 1. The monoisotopic (exact) mass is 619 g/mol. The van der Waals surface area contributed by atoms with E-state index < -0.39 is 0 Å². The number of aromatic amines is 1. The zero-order chi connectivity index (χ0) is 32.3. The predicted molar refractivity (Wildman–Crippen MR) is 180 cm³/mol. The molecule has 236 valence electrons. The maximum Gasteiger partial charge on any atom is 0.207 e. The highest BCUT2D eigenvalue weighted by Gasteiger charge is 2.30. The highest BCUT2D eigenvalue weighted by atomic mass is 32.2. The number of carbonyl (C=O) groups excluding carboxylic acids is 1. The first-order valence-electron chi connectivity index (χ1n) is 15.1. The number of aromatic nitrogens is 2. The minimum atomic E-state index is -0.333. The molecule has 1 aliphatic heterocycles. The summed E-state index contributed by atoms with van der Waals surface area (Å²) < 4.78 is 6.26. The van der Waals surface area contributed by atoms with Crippen LogP contribution in [0.15, 0.2) is 30.0 Å². The second-order valence-electron chi connectivity index (χ2n) is 11.6. The van der Waals surface area contributed by atoms with Crippen molar-refractivity contribution in [2.75, 3.05) is 18.4 Å². The van der Waals surface area contributed by atoms with Crippen LogP contribution in [0.4, 0.5) is 5.69 Å². The first kappa shape index (κ1) is 34.5. The van der Waals surface area contributed by atoms with Crippen molar-refractivity contribution in [1.82, 2.24) is 20.2 Å². The van der Waals surface area contributed by atoms with Crippen LogP contribution in [-0.4, -0.2) is 74.6 Å². The number of nitrogens with one attached hydrogen (secondary N) is 6. The third-order valence-corrected chi connectivity index (χ3v) is 8.08. The van der Waals surface area contributed by atoms with E-state index in [9.17, 15) is 4.79 Å². The van der Waals surface area contributed by atoms with E-state index in [1.54, 1.807) is 12.3 Å². The summed E-state index contributed by atoms with van der Waals surface area (Å²) in [7, 11) is 0. The van der Waals surface area contributed by atoms with Crippen LogP contribution >= 0.6 is 11.8 Å². The smallest absolute Gasteiger partial charge is 0.207 e. The van der Waals surface area contributed by atoms with Gasteiger partial charge in [-0.2, -0.15) is 5.26 Å². The highest BCUT2D eigenvalue weighted by molar-refractivity contribution is 8.26. The summed E-state index contributed by atoms with van der Waals surface area (Å²) in [5, 5.41) is 41.2. The van der Waals surface area contributed by atoms with Crippen molar-refractivity contribution >= 4 is 46.4 Å². The number of allylic oxidation sites excluding steroid dienone is 1. The first-order chi connectivity index (χ1) is 21.1. The van der Waals surface area contributed by atoms with Crippen LogP contribution in [0.5, 0.6) is 0 Å². The molecule has 2 fully saturated rings. The van der Waals surface area contributed by atoms with E-state index in [0.29, 0.717) is 42.5 Å². The SMILES string of the molecule is CC.CC(C)(C)OC1CCC(NC=O)CN(C(=N)SC(=N)c2cnc(-c3ccc(/C=C(/C#N)C=N)[nH]3)cc2NC2CCC2)C1. The van der Waals surface area contributed by atoms with Gasteiger partial charge in [-0.15, -0.1) is 0 Å². The van der Waals surface area contributed by atoms with Crippen molar-refractivity contribution in [2.24, 2.45) is 0 Å². The molecule has 11 nitrogen and oxygen atoms in total. The molecule has 4 rings (SSSR count). The molecule has 6 N–H and O–H groups in total. The van der Waals surface area contributed by atoms with Gasteiger partial charge in [0.25, 0.3) is 0 Å². The number of thioether (sulfide) groups is 1. The Bertz CT molecular complexity index is 1380. The lowest BCUT2D eigenvalue weighted by molar-refractivity contribution is -0.110. The van der Waals surface area contributed by atoms with Gasteiger partial charge < -0.3 is 30.7 Å². The number of nitriles is 1. The Hall–Kier alpha value is -3.95. The molecular weight excluding hydrogens is 574 g/mol. The lowest BCUT2D eigenvalue weighted by Gasteiger charge is -2.31. The fourth-order valence-electron chi connectivity index (χ4n) is 4.96. The Morgan fingerprint density at radius 1 is 1.18 bits per heavy atom. The zero-order valence-electron chi connectivity index (χ0n) is 26.3. The third kappa shape index (κ3) is 9.79. The number of anilines is 1. The van der Waals surface area contributed by atoms with Crippen molar-refractivity contribution in [2.45, 2.75) is 90.5 Å². The van der Waals surface area contributed by atoms with Gasteiger partial charge in [-0.1, -0.05) is 13.8 Å². The Labute approximate surface area is 264 Å². The van der Waals surface area contributed by atoms with E-state index in [1.807, 2.05) is 63.8 Å². The standard InChI is InChI=1S/C30H39N9O2S.C2H6/c1-30(2,3)41-23-9-7-22(36-18-40)16-39(17-23)29(34)42-28(33)24-15-35-27(12-26(24)37-20-5-4-6-20)25-10-8-21(38-25)11-19(13-31)14-32;1-2/h8,10-13,15,18,20,22-23,31,33-34,38H,4-7,9,16-17H2,1-3H3,(H,35,37)(H,36,40);1-2H3/b19-11+,31-13?,33-28?,34-29?;. The Kier molecular flexibility index (Phi) is 12.7. The number of pyridine rings is 1. The summed E-state index contributed by atoms with van der Waals surface area (Å²) in [6.45, 7) is 11.0. The van der Waals surface area contributed by atoms with E-state index in [0.717, 1.165) is 61.5 Å². The van der Waals surface area contributed by atoms with Gasteiger partial charge in [0.1, 0.15) is 11.1 Å². The van der Waals surface area contributed by atoms with Crippen LogP contribution in [0.3, 0.4) is 0 Å². The lowest BCUT2D eigenvalue weighted by Crippen LogP contribution is -2.43. The van der Waals surface area contributed by atoms with Gasteiger partial charge in [0.2, 0.25) is 6.41 Å². The molecule has 1 aliphatic carbocycles. The van der Waals surface area contributed by atoms with Crippen LogP contribution in [0.2, 0.25) is 0 Å². The largest absolute Gasteiger partial charge is 0.382 e. The van der Waals surface area contributed by atoms with Gasteiger partial charge in [-0.25, -0.2) is 0 Å². The number of amidine groups is 1. The number of carbonyl (C=O) groups is 1. The van der Waals surface area contributed by atoms with Gasteiger partial charge in [0.15, 0.2) is 5.17 Å². The Balaban J connectivity index is 0.00000259. The molecule has 2 aliphatic rings. The molecule has 1 amide bonds. The molecule has 1 saturated carbocycles. The Morgan fingerprint density at radius 2 is 1.93 bits per heavy atom. The molecular formula is C32H45N9O2S. The predicted octanol–water partition coefficient (Wildman–Crippen LogP) is 6.01. The number of amides is 1. The first-order valence-corrected chi connectivity index (χ1v) is 16.0. The second-order valence-corrected chi connectivity index (χ2v) is 12.6. The van der Waals surface area contributed by atoms with Gasteiger partial charge in [-0.05, 0) is 88.9 Å². The molecule has 3 heterocycles. The molecule has 2 aromatic heterocycles. The van der Waals surface area contributed by atoms with Crippen LogP contribution in [0.25, 0.3) is 17.5 Å². The lowest BCUT2D eigenvalue weighted by atomic mass is 9.92. The van der Waals surface area contributed by atoms with Gasteiger partial charge in [0.05, 0.1) is 28.7 Å². The van der Waals surface area contributed by atoms with Crippen molar-refractivity contribution in [1.29, 1.82) is 21.5 Å². The van der Waals surface area contributed by atoms with E-state index in [2.05, 4.69) is 20.6 Å². The minimum absolute atomic E-state index is 0.0980. The average Bonchev–Trinajstić information content (AvgIpc) is 3.35. The summed E-state index contributed by atoms with van der Waals surface area (Å²) in [6, 6.07) is 7.80. The van der Waals surface area contributed by atoms with E-state index in [-0.39, 0.29) is 33.5 Å². The normalized spacial score (nSPS) is 18.9. The maximum atomic E-state index is 11.2. The summed E-state index contributed by atoms with van der Waals surface area (Å²) >= 11 is 1.07. The second kappa shape index (κ2) is 16.2. The summed E-state index contributed by atoms with van der Waals surface area (Å²) in [6.07, 6.45) is 9.68. The molecule has 44 heavy (non-hydrogen) atoms. The van der Waals surface area contributed by atoms with Crippen molar-refractivity contribution < 1.29 is 9.53 Å². The van der Waals surface area contributed by atoms with Crippen molar-refractivity contribution in [3.63, 3.8) is 0 Å². The molecule has 12 heteroatoms. The van der Waals surface area contributed by atoms with Gasteiger partial charge in [-0.3, -0.25) is 20.6 Å². The number of hydrogen-bond acceptors (Lipinski definition) is 9. The summed E-state index contributed by atoms with van der Waals surface area (Å²) in [4.78, 5) is 21.0. The van der Waals surface area contributed by atoms with Crippen LogP contribution < -0.4 is 10.6 Å².